The molecule has 21 heavy (non-hydrogen) atoms. The summed E-state index contributed by atoms with van der Waals surface area (Å²) in [7, 11) is 0. The molecule has 3 N–H and O–H groups in total. The zero-order valence-corrected chi connectivity index (χ0v) is 11.5. The van der Waals surface area contributed by atoms with Gasteiger partial charge >= 0.3 is 6.18 Å². The largest absolute Gasteiger partial charge is 0.417 e. The number of rotatable bonds is 3. The summed E-state index contributed by atoms with van der Waals surface area (Å²) in [5.41, 5.74) is 4.52. The highest BCUT2D eigenvalue weighted by atomic mass is 35.5. The van der Waals surface area contributed by atoms with Crippen LogP contribution in [0.25, 0.3) is 5.65 Å². The lowest BCUT2D eigenvalue weighted by molar-refractivity contribution is -0.137. The maximum Gasteiger partial charge on any atom is 0.417 e. The Kier molecular flexibility index (Phi) is 4.06. The second-order valence-electron chi connectivity index (χ2n) is 4.39. The third kappa shape index (κ3) is 3.24. The van der Waals surface area contributed by atoms with Crippen LogP contribution in [0.5, 0.6) is 0 Å². The van der Waals surface area contributed by atoms with E-state index in [4.69, 9.17) is 17.3 Å². The van der Waals surface area contributed by atoms with Crippen molar-refractivity contribution in [2.24, 2.45) is 5.73 Å². The molecular formula is C11H11ClF3N5O. The molecule has 0 aliphatic rings. The lowest BCUT2D eigenvalue weighted by Gasteiger charge is -2.09. The Bertz CT molecular complexity index is 682. The number of aromatic nitrogens is 3. The summed E-state index contributed by atoms with van der Waals surface area (Å²) in [5.74, 6) is -0.336. The van der Waals surface area contributed by atoms with Crippen LogP contribution in [0, 0.1) is 0 Å². The van der Waals surface area contributed by atoms with Crippen molar-refractivity contribution in [3.8, 4) is 0 Å². The molecule has 0 unspecified atom stereocenters. The molecule has 0 fully saturated rings. The molecule has 2 aromatic rings. The number of nitrogens with zero attached hydrogens (tertiary/aromatic N) is 3. The van der Waals surface area contributed by atoms with Crippen LogP contribution in [0.1, 0.15) is 18.3 Å². The average molecular weight is 322 g/mol. The van der Waals surface area contributed by atoms with Gasteiger partial charge in [0.1, 0.15) is 0 Å². The molecular weight excluding hydrogens is 311 g/mol. The number of carbonyl (C=O) groups excluding carboxylic acids is 1. The minimum Gasteiger partial charge on any atom is -0.347 e. The molecule has 0 bridgehead atoms. The van der Waals surface area contributed by atoms with Crippen molar-refractivity contribution in [2.75, 3.05) is 0 Å². The van der Waals surface area contributed by atoms with E-state index in [0.717, 1.165) is 16.7 Å². The Hall–Kier alpha value is -1.87. The van der Waals surface area contributed by atoms with Crippen LogP contribution in [0.3, 0.4) is 0 Å². The smallest absolute Gasteiger partial charge is 0.347 e. The standard InChI is InChI=1S/C11H11ClF3N5O/c1-5(16)10(21)17-3-8-18-19-9-7(12)2-6(4-20(8)9)11(13,14)15/h2,4-5H,3,16H2,1H3,(H,17,21)/t5-/m1/s1. The van der Waals surface area contributed by atoms with Gasteiger partial charge in [-0.1, -0.05) is 11.6 Å². The lowest BCUT2D eigenvalue weighted by atomic mass is 10.2. The molecule has 0 aromatic carbocycles. The van der Waals surface area contributed by atoms with E-state index >= 15 is 0 Å². The average Bonchev–Trinajstić information content (AvgIpc) is 2.78. The quantitative estimate of drug-likeness (QED) is 0.894. The van der Waals surface area contributed by atoms with Crippen LogP contribution in [0.2, 0.25) is 5.02 Å². The number of carbonyl (C=O) groups is 1. The van der Waals surface area contributed by atoms with Crippen LogP contribution in [-0.2, 0) is 17.5 Å². The SMILES string of the molecule is C[C@@H](N)C(=O)NCc1nnc2c(Cl)cc(C(F)(F)F)cn12. The third-order valence-electron chi connectivity index (χ3n) is 2.69. The van der Waals surface area contributed by atoms with Gasteiger partial charge in [-0.05, 0) is 13.0 Å². The molecule has 1 atom stereocenters. The molecule has 0 aliphatic carbocycles. The Labute approximate surface area is 122 Å². The van der Waals surface area contributed by atoms with Gasteiger partial charge in [-0.3, -0.25) is 9.20 Å². The van der Waals surface area contributed by atoms with Crippen molar-refractivity contribution >= 4 is 23.2 Å². The molecule has 1 amide bonds. The van der Waals surface area contributed by atoms with E-state index in [1.807, 2.05) is 0 Å². The van der Waals surface area contributed by atoms with Crippen LogP contribution in [0.15, 0.2) is 12.3 Å². The fourth-order valence-corrected chi connectivity index (χ4v) is 1.85. The van der Waals surface area contributed by atoms with Crippen LogP contribution < -0.4 is 11.1 Å². The molecule has 10 heteroatoms. The van der Waals surface area contributed by atoms with E-state index in [1.165, 1.54) is 6.92 Å². The van der Waals surface area contributed by atoms with Gasteiger partial charge in [0.2, 0.25) is 5.91 Å². The second kappa shape index (κ2) is 5.49. The number of hydrogen-bond donors (Lipinski definition) is 2. The van der Waals surface area contributed by atoms with Gasteiger partial charge < -0.3 is 11.1 Å². The molecule has 2 aromatic heterocycles. The van der Waals surface area contributed by atoms with E-state index in [9.17, 15) is 18.0 Å². The predicted octanol–water partition coefficient (Wildman–Crippen LogP) is 1.36. The van der Waals surface area contributed by atoms with Crippen molar-refractivity contribution in [2.45, 2.75) is 25.7 Å². The lowest BCUT2D eigenvalue weighted by Crippen LogP contribution is -2.38. The topological polar surface area (TPSA) is 85.3 Å². The highest BCUT2D eigenvalue weighted by Crippen LogP contribution is 2.32. The maximum absolute atomic E-state index is 12.8. The summed E-state index contributed by atoms with van der Waals surface area (Å²) in [6.07, 6.45) is -3.72. The first-order chi connectivity index (χ1) is 9.70. The van der Waals surface area contributed by atoms with E-state index in [2.05, 4.69) is 15.5 Å². The first-order valence-corrected chi connectivity index (χ1v) is 6.21. The van der Waals surface area contributed by atoms with Crippen LogP contribution in [-0.4, -0.2) is 26.5 Å². The van der Waals surface area contributed by atoms with Gasteiger partial charge in [-0.15, -0.1) is 10.2 Å². The first-order valence-electron chi connectivity index (χ1n) is 5.84. The summed E-state index contributed by atoms with van der Waals surface area (Å²) in [5, 5.41) is 9.68. The van der Waals surface area contributed by atoms with E-state index < -0.39 is 23.7 Å². The highest BCUT2D eigenvalue weighted by molar-refractivity contribution is 6.33. The van der Waals surface area contributed by atoms with Gasteiger partial charge in [-0.2, -0.15) is 13.2 Å². The Balaban J connectivity index is 2.38. The molecule has 6 nitrogen and oxygen atoms in total. The summed E-state index contributed by atoms with van der Waals surface area (Å²) in [4.78, 5) is 11.4. The van der Waals surface area contributed by atoms with Crippen LogP contribution in [0.4, 0.5) is 13.2 Å². The van der Waals surface area contributed by atoms with Gasteiger partial charge in [0.25, 0.3) is 0 Å². The minimum atomic E-state index is -4.55. The predicted molar refractivity (Wildman–Crippen MR) is 68.5 cm³/mol. The zero-order chi connectivity index (χ0) is 15.8. The molecule has 0 spiro atoms. The van der Waals surface area contributed by atoms with Gasteiger partial charge in [0.15, 0.2) is 11.5 Å². The number of pyridine rings is 1. The molecule has 2 rings (SSSR count). The van der Waals surface area contributed by atoms with Crippen molar-refractivity contribution in [1.82, 2.24) is 19.9 Å². The van der Waals surface area contributed by atoms with Crippen molar-refractivity contribution in [3.63, 3.8) is 0 Å². The van der Waals surface area contributed by atoms with E-state index in [0.29, 0.717) is 0 Å². The van der Waals surface area contributed by atoms with E-state index in [1.54, 1.807) is 0 Å². The monoisotopic (exact) mass is 321 g/mol. The number of alkyl halides is 3. The summed E-state index contributed by atoms with van der Waals surface area (Å²) in [6, 6.07) is 0.0362. The molecule has 0 radical (unpaired) electrons. The second-order valence-corrected chi connectivity index (χ2v) is 4.80. The van der Waals surface area contributed by atoms with Gasteiger partial charge in [0, 0.05) is 6.20 Å². The maximum atomic E-state index is 12.8. The normalized spacial score (nSPS) is 13.4. The van der Waals surface area contributed by atoms with Crippen molar-refractivity contribution in [1.29, 1.82) is 0 Å². The highest BCUT2D eigenvalue weighted by Gasteiger charge is 2.32. The van der Waals surface area contributed by atoms with Crippen molar-refractivity contribution in [3.05, 3.63) is 28.7 Å². The van der Waals surface area contributed by atoms with Gasteiger partial charge in [-0.25, -0.2) is 0 Å². The Morgan fingerprint density at radius 3 is 2.76 bits per heavy atom. The molecule has 2 heterocycles. The first kappa shape index (κ1) is 15.5. The Morgan fingerprint density at radius 2 is 2.19 bits per heavy atom. The molecule has 0 aliphatic heterocycles. The fraction of sp³-hybridized carbons (Fsp3) is 0.364. The number of amides is 1. The number of halogens is 4. The minimum absolute atomic E-state index is 0.0784. The number of hydrogen-bond acceptors (Lipinski definition) is 4. The molecule has 114 valence electrons. The van der Waals surface area contributed by atoms with Gasteiger partial charge in [0.05, 0.1) is 23.2 Å². The molecule has 0 saturated carbocycles. The third-order valence-corrected chi connectivity index (χ3v) is 2.97. The van der Waals surface area contributed by atoms with E-state index in [-0.39, 0.29) is 23.0 Å². The number of fused-ring (bicyclic) bond motifs is 1. The van der Waals surface area contributed by atoms with Crippen LogP contribution >= 0.6 is 11.6 Å². The van der Waals surface area contributed by atoms with Crippen molar-refractivity contribution < 1.29 is 18.0 Å². The summed E-state index contributed by atoms with van der Waals surface area (Å²) in [6.45, 7) is 1.37. The number of nitrogens with two attached hydrogens (primary N) is 1. The molecule has 0 saturated heterocycles. The summed E-state index contributed by atoms with van der Waals surface area (Å²) >= 11 is 5.76. The zero-order valence-electron chi connectivity index (χ0n) is 10.8. The summed E-state index contributed by atoms with van der Waals surface area (Å²) < 4.78 is 39.4. The Morgan fingerprint density at radius 1 is 1.52 bits per heavy atom. The number of nitrogens with one attached hydrogen (secondary N) is 1. The fourth-order valence-electron chi connectivity index (χ4n) is 1.60.